The minimum Gasteiger partial charge on any atom is -0.460 e. The van der Waals surface area contributed by atoms with E-state index in [1.54, 1.807) is 6.92 Å². The van der Waals surface area contributed by atoms with Gasteiger partial charge in [0.15, 0.2) is 0 Å². The van der Waals surface area contributed by atoms with Gasteiger partial charge < -0.3 is 9.72 Å². The Labute approximate surface area is 106 Å². The SMILES string of the molecule is CCOC(=O)c1nc(-c2cccc(C)c2)c(C)[nH]1. The molecule has 0 aliphatic heterocycles. The van der Waals surface area contributed by atoms with Crippen LogP contribution in [0.5, 0.6) is 0 Å². The molecule has 0 unspecified atom stereocenters. The van der Waals surface area contributed by atoms with Gasteiger partial charge in [0, 0.05) is 11.3 Å². The lowest BCUT2D eigenvalue weighted by Crippen LogP contribution is -2.06. The number of hydrogen-bond acceptors (Lipinski definition) is 3. The van der Waals surface area contributed by atoms with E-state index in [1.165, 1.54) is 0 Å². The van der Waals surface area contributed by atoms with Gasteiger partial charge in [-0.1, -0.05) is 23.8 Å². The highest BCUT2D eigenvalue weighted by molar-refractivity contribution is 5.86. The van der Waals surface area contributed by atoms with E-state index >= 15 is 0 Å². The fourth-order valence-electron chi connectivity index (χ4n) is 1.83. The zero-order chi connectivity index (χ0) is 13.1. The Morgan fingerprint density at radius 2 is 2.17 bits per heavy atom. The van der Waals surface area contributed by atoms with Gasteiger partial charge in [0.2, 0.25) is 5.82 Å². The van der Waals surface area contributed by atoms with Crippen LogP contribution < -0.4 is 0 Å². The minimum absolute atomic E-state index is 0.255. The summed E-state index contributed by atoms with van der Waals surface area (Å²) in [5.74, 6) is -0.162. The first-order valence-electron chi connectivity index (χ1n) is 5.92. The molecule has 1 aromatic heterocycles. The molecule has 0 aliphatic rings. The monoisotopic (exact) mass is 244 g/mol. The highest BCUT2D eigenvalue weighted by Gasteiger charge is 2.15. The fraction of sp³-hybridized carbons (Fsp3) is 0.286. The van der Waals surface area contributed by atoms with Gasteiger partial charge in [-0.05, 0) is 26.8 Å². The maximum atomic E-state index is 11.6. The number of nitrogens with zero attached hydrogens (tertiary/aromatic N) is 1. The van der Waals surface area contributed by atoms with Crippen molar-refractivity contribution < 1.29 is 9.53 Å². The van der Waals surface area contributed by atoms with Gasteiger partial charge in [0.25, 0.3) is 0 Å². The third kappa shape index (κ3) is 2.42. The first-order valence-corrected chi connectivity index (χ1v) is 5.92. The Balaban J connectivity index is 2.38. The zero-order valence-corrected chi connectivity index (χ0v) is 10.8. The standard InChI is InChI=1S/C14H16N2O2/c1-4-18-14(17)13-15-10(3)12(16-13)11-7-5-6-9(2)8-11/h5-8H,4H2,1-3H3,(H,15,16). The van der Waals surface area contributed by atoms with E-state index in [0.29, 0.717) is 6.61 Å². The van der Waals surface area contributed by atoms with E-state index in [9.17, 15) is 4.79 Å². The number of carbonyl (C=O) groups is 1. The molecular formula is C14H16N2O2. The van der Waals surface area contributed by atoms with E-state index in [2.05, 4.69) is 9.97 Å². The molecule has 0 spiro atoms. The Kier molecular flexibility index (Phi) is 3.46. The average Bonchev–Trinajstić information content (AvgIpc) is 2.72. The second-order valence-corrected chi connectivity index (χ2v) is 4.15. The van der Waals surface area contributed by atoms with E-state index in [4.69, 9.17) is 4.74 Å². The number of imidazole rings is 1. The first-order chi connectivity index (χ1) is 8.61. The van der Waals surface area contributed by atoms with Gasteiger partial charge in [0.05, 0.1) is 12.3 Å². The Bertz CT molecular complexity index is 573. The molecule has 0 fully saturated rings. The molecule has 2 rings (SSSR count). The van der Waals surface area contributed by atoms with Crippen molar-refractivity contribution in [1.82, 2.24) is 9.97 Å². The topological polar surface area (TPSA) is 55.0 Å². The zero-order valence-electron chi connectivity index (χ0n) is 10.8. The molecule has 0 saturated carbocycles. The Morgan fingerprint density at radius 3 is 2.83 bits per heavy atom. The van der Waals surface area contributed by atoms with Gasteiger partial charge in [-0.3, -0.25) is 0 Å². The van der Waals surface area contributed by atoms with Gasteiger partial charge in [-0.25, -0.2) is 9.78 Å². The summed E-state index contributed by atoms with van der Waals surface area (Å²) in [5, 5.41) is 0. The highest BCUT2D eigenvalue weighted by Crippen LogP contribution is 2.22. The smallest absolute Gasteiger partial charge is 0.374 e. The van der Waals surface area contributed by atoms with Crippen LogP contribution in [0, 0.1) is 13.8 Å². The van der Waals surface area contributed by atoms with Crippen LogP contribution in [0.4, 0.5) is 0 Å². The molecule has 4 nitrogen and oxygen atoms in total. The third-order valence-corrected chi connectivity index (χ3v) is 2.65. The number of carbonyl (C=O) groups excluding carboxylic acids is 1. The molecule has 2 aromatic rings. The lowest BCUT2D eigenvalue weighted by Gasteiger charge is -1.99. The molecular weight excluding hydrogens is 228 g/mol. The molecule has 0 saturated heterocycles. The van der Waals surface area contributed by atoms with Crippen molar-refractivity contribution in [2.75, 3.05) is 6.61 Å². The quantitative estimate of drug-likeness (QED) is 0.845. The molecule has 1 N–H and O–H groups in total. The number of benzene rings is 1. The van der Waals surface area contributed by atoms with Crippen molar-refractivity contribution in [3.8, 4) is 11.3 Å². The summed E-state index contributed by atoms with van der Waals surface area (Å²) < 4.78 is 4.92. The maximum absolute atomic E-state index is 11.6. The summed E-state index contributed by atoms with van der Waals surface area (Å²) in [6.45, 7) is 6.04. The molecule has 1 heterocycles. The number of rotatable bonds is 3. The van der Waals surface area contributed by atoms with Crippen LogP contribution in [0.2, 0.25) is 0 Å². The normalized spacial score (nSPS) is 10.4. The van der Waals surface area contributed by atoms with Gasteiger partial charge in [0.1, 0.15) is 0 Å². The van der Waals surface area contributed by atoms with E-state index < -0.39 is 5.97 Å². The average molecular weight is 244 g/mol. The van der Waals surface area contributed by atoms with Crippen molar-refractivity contribution in [3.05, 3.63) is 41.3 Å². The van der Waals surface area contributed by atoms with Crippen molar-refractivity contribution in [2.45, 2.75) is 20.8 Å². The van der Waals surface area contributed by atoms with Gasteiger partial charge in [-0.15, -0.1) is 0 Å². The fourth-order valence-corrected chi connectivity index (χ4v) is 1.83. The van der Waals surface area contributed by atoms with Crippen LogP contribution in [0.3, 0.4) is 0 Å². The number of aromatic amines is 1. The van der Waals surface area contributed by atoms with E-state index in [0.717, 1.165) is 22.5 Å². The molecule has 0 aliphatic carbocycles. The van der Waals surface area contributed by atoms with Crippen LogP contribution in [0.25, 0.3) is 11.3 Å². The van der Waals surface area contributed by atoms with Crippen LogP contribution >= 0.6 is 0 Å². The Hall–Kier alpha value is -2.10. The molecule has 0 radical (unpaired) electrons. The molecule has 18 heavy (non-hydrogen) atoms. The summed E-state index contributed by atoms with van der Waals surface area (Å²) in [4.78, 5) is 18.9. The number of aromatic nitrogens is 2. The van der Waals surface area contributed by atoms with Crippen molar-refractivity contribution >= 4 is 5.97 Å². The summed E-state index contributed by atoms with van der Waals surface area (Å²) in [5.41, 5.74) is 3.82. The number of aryl methyl sites for hydroxylation is 2. The predicted octanol–water partition coefficient (Wildman–Crippen LogP) is 2.87. The first kappa shape index (κ1) is 12.4. The molecule has 94 valence electrons. The maximum Gasteiger partial charge on any atom is 0.374 e. The lowest BCUT2D eigenvalue weighted by molar-refractivity contribution is 0.0513. The van der Waals surface area contributed by atoms with E-state index in [-0.39, 0.29) is 5.82 Å². The number of ether oxygens (including phenoxy) is 1. The molecule has 0 atom stereocenters. The third-order valence-electron chi connectivity index (χ3n) is 2.65. The highest BCUT2D eigenvalue weighted by atomic mass is 16.5. The predicted molar refractivity (Wildman–Crippen MR) is 69.5 cm³/mol. The van der Waals surface area contributed by atoms with Gasteiger partial charge >= 0.3 is 5.97 Å². The number of nitrogens with one attached hydrogen (secondary N) is 1. The summed E-state index contributed by atoms with van der Waals surface area (Å²) in [7, 11) is 0. The van der Waals surface area contributed by atoms with E-state index in [1.807, 2.05) is 38.1 Å². The molecule has 1 aromatic carbocycles. The van der Waals surface area contributed by atoms with Crippen molar-refractivity contribution in [1.29, 1.82) is 0 Å². The van der Waals surface area contributed by atoms with Crippen LogP contribution in [-0.2, 0) is 4.74 Å². The van der Waals surface area contributed by atoms with Crippen LogP contribution in [0.1, 0.15) is 28.8 Å². The summed E-state index contributed by atoms with van der Waals surface area (Å²) in [6.07, 6.45) is 0. The number of esters is 1. The summed E-state index contributed by atoms with van der Waals surface area (Å²) >= 11 is 0. The number of H-pyrrole nitrogens is 1. The van der Waals surface area contributed by atoms with Gasteiger partial charge in [-0.2, -0.15) is 0 Å². The molecule has 0 bridgehead atoms. The molecule has 0 amide bonds. The van der Waals surface area contributed by atoms with Crippen molar-refractivity contribution in [3.63, 3.8) is 0 Å². The minimum atomic E-state index is -0.417. The van der Waals surface area contributed by atoms with Crippen LogP contribution in [0.15, 0.2) is 24.3 Å². The Morgan fingerprint density at radius 1 is 1.39 bits per heavy atom. The molecule has 4 heteroatoms. The second kappa shape index (κ2) is 5.04. The lowest BCUT2D eigenvalue weighted by atomic mass is 10.1. The summed E-state index contributed by atoms with van der Waals surface area (Å²) in [6, 6.07) is 8.02. The second-order valence-electron chi connectivity index (χ2n) is 4.15. The number of hydrogen-bond donors (Lipinski definition) is 1. The van der Waals surface area contributed by atoms with Crippen molar-refractivity contribution in [2.24, 2.45) is 0 Å². The van der Waals surface area contributed by atoms with Crippen LogP contribution in [-0.4, -0.2) is 22.5 Å². The largest absolute Gasteiger partial charge is 0.460 e.